The van der Waals surface area contributed by atoms with Crippen LogP contribution in [0.4, 0.5) is 0 Å². The van der Waals surface area contributed by atoms with Crippen LogP contribution in [0.25, 0.3) is 0 Å². The minimum absolute atomic E-state index is 0.655. The van der Waals surface area contributed by atoms with Crippen LogP contribution in [-0.4, -0.2) is 25.6 Å². The Morgan fingerprint density at radius 1 is 1.11 bits per heavy atom. The number of hydrogen-bond donors (Lipinski definition) is 1. The van der Waals surface area contributed by atoms with Crippen molar-refractivity contribution >= 4 is 0 Å². The van der Waals surface area contributed by atoms with Crippen molar-refractivity contribution in [3.05, 3.63) is 36.4 Å². The zero-order valence-electron chi connectivity index (χ0n) is 12.0. The Labute approximate surface area is 114 Å². The first-order valence-electron chi connectivity index (χ1n) is 6.91. The second kappa shape index (κ2) is 6.52. The molecule has 0 aromatic carbocycles. The first-order chi connectivity index (χ1) is 9.20. The maximum atomic E-state index is 4.41. The Bertz CT molecular complexity index is 497. The van der Waals surface area contributed by atoms with Gasteiger partial charge in [0.15, 0.2) is 0 Å². The van der Waals surface area contributed by atoms with Crippen LogP contribution in [0.15, 0.2) is 24.8 Å². The fourth-order valence-electron chi connectivity index (χ4n) is 2.06. The van der Waals surface area contributed by atoms with Crippen LogP contribution in [-0.2, 0) is 19.6 Å². The van der Waals surface area contributed by atoms with Gasteiger partial charge in [0.1, 0.15) is 11.6 Å². The summed E-state index contributed by atoms with van der Waals surface area (Å²) in [4.78, 5) is 8.82. The van der Waals surface area contributed by atoms with E-state index in [1.807, 2.05) is 24.8 Å². The molecule has 0 saturated heterocycles. The smallest absolute Gasteiger partial charge is 0.128 e. The van der Waals surface area contributed by atoms with Crippen LogP contribution >= 0.6 is 0 Å². The van der Waals surface area contributed by atoms with E-state index >= 15 is 0 Å². The number of aryl methyl sites for hydroxylation is 1. The van der Waals surface area contributed by atoms with Crippen LogP contribution in [0.2, 0.25) is 0 Å². The zero-order valence-corrected chi connectivity index (χ0v) is 12.0. The highest BCUT2D eigenvalue weighted by Crippen LogP contribution is 2.05. The van der Waals surface area contributed by atoms with E-state index in [0.29, 0.717) is 5.92 Å². The molecule has 0 unspecified atom stereocenters. The Balaban J connectivity index is 1.99. The molecule has 104 valence electrons. The van der Waals surface area contributed by atoms with E-state index < -0.39 is 0 Å². The summed E-state index contributed by atoms with van der Waals surface area (Å²) in [6, 6.07) is 0. The number of nitrogens with zero attached hydrogens (tertiary/aromatic N) is 4. The van der Waals surface area contributed by atoms with Crippen molar-refractivity contribution in [1.29, 1.82) is 0 Å². The Hall–Kier alpha value is -1.62. The van der Waals surface area contributed by atoms with Crippen molar-refractivity contribution in [2.75, 3.05) is 6.54 Å². The van der Waals surface area contributed by atoms with E-state index in [9.17, 15) is 0 Å². The lowest BCUT2D eigenvalue weighted by Gasteiger charge is -2.11. The Morgan fingerprint density at radius 2 is 1.79 bits per heavy atom. The Kier molecular flexibility index (Phi) is 4.74. The van der Waals surface area contributed by atoms with Crippen LogP contribution in [0, 0.1) is 5.92 Å². The standard InChI is InChI=1S/C14H23N5/c1-4-18-7-5-17-14(18)11-19-8-6-16-13(19)10-15-9-12(2)3/h5-8,12,15H,4,9-11H2,1-3H3. The maximum Gasteiger partial charge on any atom is 0.128 e. The summed E-state index contributed by atoms with van der Waals surface area (Å²) in [5.74, 6) is 2.79. The van der Waals surface area contributed by atoms with Crippen LogP contribution < -0.4 is 5.32 Å². The molecule has 0 spiro atoms. The molecule has 0 atom stereocenters. The average Bonchev–Trinajstić information content (AvgIpc) is 2.99. The number of aromatic nitrogens is 4. The van der Waals surface area contributed by atoms with Crippen molar-refractivity contribution in [1.82, 2.24) is 24.4 Å². The summed E-state index contributed by atoms with van der Waals surface area (Å²) >= 11 is 0. The molecule has 2 aromatic rings. The van der Waals surface area contributed by atoms with Gasteiger partial charge in [-0.2, -0.15) is 0 Å². The molecule has 5 heteroatoms. The molecular weight excluding hydrogens is 238 g/mol. The fraction of sp³-hybridized carbons (Fsp3) is 0.571. The predicted octanol–water partition coefficient (Wildman–Crippen LogP) is 1.89. The monoisotopic (exact) mass is 261 g/mol. The predicted molar refractivity (Wildman–Crippen MR) is 75.8 cm³/mol. The molecule has 0 amide bonds. The summed E-state index contributed by atoms with van der Waals surface area (Å²) in [6.45, 7) is 10.1. The zero-order chi connectivity index (χ0) is 13.7. The summed E-state index contributed by atoms with van der Waals surface area (Å²) in [5, 5.41) is 3.43. The van der Waals surface area contributed by atoms with E-state index in [-0.39, 0.29) is 0 Å². The first-order valence-corrected chi connectivity index (χ1v) is 6.91. The molecule has 5 nitrogen and oxygen atoms in total. The van der Waals surface area contributed by atoms with Crippen LogP contribution in [0.1, 0.15) is 32.4 Å². The van der Waals surface area contributed by atoms with Gasteiger partial charge in [-0.3, -0.25) is 0 Å². The number of hydrogen-bond acceptors (Lipinski definition) is 3. The molecular formula is C14H23N5. The van der Waals surface area contributed by atoms with Gasteiger partial charge in [-0.15, -0.1) is 0 Å². The third-order valence-electron chi connectivity index (χ3n) is 3.09. The highest BCUT2D eigenvalue weighted by molar-refractivity contribution is 4.99. The lowest BCUT2D eigenvalue weighted by atomic mass is 10.2. The molecule has 0 bridgehead atoms. The first kappa shape index (κ1) is 13.8. The normalized spacial score (nSPS) is 11.4. The van der Waals surface area contributed by atoms with E-state index in [2.05, 4.69) is 45.2 Å². The van der Waals surface area contributed by atoms with Crippen molar-refractivity contribution in [2.24, 2.45) is 5.92 Å². The molecule has 2 heterocycles. The van der Waals surface area contributed by atoms with E-state index in [4.69, 9.17) is 0 Å². The molecule has 19 heavy (non-hydrogen) atoms. The lowest BCUT2D eigenvalue weighted by molar-refractivity contribution is 0.528. The van der Waals surface area contributed by atoms with Gasteiger partial charge < -0.3 is 14.5 Å². The van der Waals surface area contributed by atoms with Gasteiger partial charge in [-0.25, -0.2) is 9.97 Å². The Morgan fingerprint density at radius 3 is 2.47 bits per heavy atom. The third-order valence-corrected chi connectivity index (χ3v) is 3.09. The topological polar surface area (TPSA) is 47.7 Å². The van der Waals surface area contributed by atoms with Crippen LogP contribution in [0.3, 0.4) is 0 Å². The fourth-order valence-corrected chi connectivity index (χ4v) is 2.06. The second-order valence-corrected chi connectivity index (χ2v) is 5.13. The molecule has 0 aliphatic rings. The molecule has 1 N–H and O–H groups in total. The molecule has 0 aliphatic heterocycles. The van der Waals surface area contributed by atoms with Crippen LogP contribution in [0.5, 0.6) is 0 Å². The van der Waals surface area contributed by atoms with Gasteiger partial charge in [0.25, 0.3) is 0 Å². The van der Waals surface area contributed by atoms with Crippen molar-refractivity contribution in [3.8, 4) is 0 Å². The molecule has 0 aliphatic carbocycles. The molecule has 0 radical (unpaired) electrons. The number of rotatable bonds is 7. The minimum Gasteiger partial charge on any atom is -0.334 e. The summed E-state index contributed by atoms with van der Waals surface area (Å²) in [5.41, 5.74) is 0. The van der Waals surface area contributed by atoms with E-state index in [1.54, 1.807) is 0 Å². The average molecular weight is 261 g/mol. The highest BCUT2D eigenvalue weighted by Gasteiger charge is 2.07. The van der Waals surface area contributed by atoms with Gasteiger partial charge in [0.05, 0.1) is 13.1 Å². The largest absolute Gasteiger partial charge is 0.334 e. The summed E-state index contributed by atoms with van der Waals surface area (Å²) in [6.07, 6.45) is 7.74. The van der Waals surface area contributed by atoms with Gasteiger partial charge in [0, 0.05) is 31.3 Å². The molecule has 0 saturated carbocycles. The van der Waals surface area contributed by atoms with Crippen molar-refractivity contribution in [3.63, 3.8) is 0 Å². The maximum absolute atomic E-state index is 4.41. The van der Waals surface area contributed by atoms with Gasteiger partial charge in [-0.05, 0) is 19.4 Å². The lowest BCUT2D eigenvalue weighted by Crippen LogP contribution is -2.22. The summed E-state index contributed by atoms with van der Waals surface area (Å²) in [7, 11) is 0. The molecule has 0 fully saturated rings. The minimum atomic E-state index is 0.655. The van der Waals surface area contributed by atoms with Gasteiger partial charge in [-0.1, -0.05) is 13.8 Å². The number of imidazole rings is 2. The van der Waals surface area contributed by atoms with Gasteiger partial charge >= 0.3 is 0 Å². The van der Waals surface area contributed by atoms with E-state index in [1.165, 1.54) is 0 Å². The molecule has 2 aromatic heterocycles. The number of nitrogens with one attached hydrogen (secondary N) is 1. The SMILES string of the molecule is CCn1ccnc1Cn1ccnc1CNCC(C)C. The van der Waals surface area contributed by atoms with Crippen molar-refractivity contribution in [2.45, 2.75) is 40.4 Å². The van der Waals surface area contributed by atoms with Crippen molar-refractivity contribution < 1.29 is 0 Å². The van der Waals surface area contributed by atoms with Gasteiger partial charge in [0.2, 0.25) is 0 Å². The van der Waals surface area contributed by atoms with E-state index in [0.717, 1.165) is 37.8 Å². The quantitative estimate of drug-likeness (QED) is 0.828. The molecule has 2 rings (SSSR count). The highest BCUT2D eigenvalue weighted by atomic mass is 15.1. The third kappa shape index (κ3) is 3.67. The second-order valence-electron chi connectivity index (χ2n) is 5.13. The summed E-state index contributed by atoms with van der Waals surface area (Å²) < 4.78 is 4.31.